The standard InChI is InChI=1S/C14H16N6O/c1-9-4-5-10(11(8-9)21-3)17-12-13-18-19-14(15-2)20(13)7-6-16-12/h4-8H,1-3H3,(H,15,19)(H,16,17). The average Bonchev–Trinajstić information content (AvgIpc) is 2.93. The minimum Gasteiger partial charge on any atom is -0.495 e. The van der Waals surface area contributed by atoms with Gasteiger partial charge in [-0.2, -0.15) is 0 Å². The molecular formula is C14H16N6O. The molecule has 0 saturated carbocycles. The fraction of sp³-hybridized carbons (Fsp3) is 0.214. The van der Waals surface area contributed by atoms with Crippen molar-refractivity contribution in [2.24, 2.45) is 0 Å². The quantitative estimate of drug-likeness (QED) is 0.765. The highest BCUT2D eigenvalue weighted by atomic mass is 16.5. The van der Waals surface area contributed by atoms with E-state index in [2.05, 4.69) is 25.8 Å². The fourth-order valence-electron chi connectivity index (χ4n) is 2.11. The molecule has 108 valence electrons. The monoisotopic (exact) mass is 284 g/mol. The van der Waals surface area contributed by atoms with Gasteiger partial charge in [0.15, 0.2) is 5.82 Å². The summed E-state index contributed by atoms with van der Waals surface area (Å²) in [6, 6.07) is 5.92. The van der Waals surface area contributed by atoms with Gasteiger partial charge in [0.25, 0.3) is 0 Å². The predicted octanol–water partition coefficient (Wildman–Crippen LogP) is 2.23. The normalized spacial score (nSPS) is 10.6. The Balaban J connectivity index is 2.04. The van der Waals surface area contributed by atoms with Crippen LogP contribution in [0.15, 0.2) is 30.6 Å². The van der Waals surface area contributed by atoms with Crippen molar-refractivity contribution in [3.63, 3.8) is 0 Å². The van der Waals surface area contributed by atoms with Crippen LogP contribution < -0.4 is 15.4 Å². The molecule has 0 saturated heterocycles. The Morgan fingerprint density at radius 1 is 1.24 bits per heavy atom. The topological polar surface area (TPSA) is 76.4 Å². The third-order valence-corrected chi connectivity index (χ3v) is 3.16. The summed E-state index contributed by atoms with van der Waals surface area (Å²) in [5, 5.41) is 14.4. The number of rotatable bonds is 4. The number of nitrogens with zero attached hydrogens (tertiary/aromatic N) is 4. The number of aryl methyl sites for hydroxylation is 1. The molecule has 21 heavy (non-hydrogen) atoms. The molecule has 0 unspecified atom stereocenters. The lowest BCUT2D eigenvalue weighted by Gasteiger charge is -2.11. The Hall–Kier alpha value is -2.83. The van der Waals surface area contributed by atoms with E-state index in [0.29, 0.717) is 17.4 Å². The Kier molecular flexibility index (Phi) is 3.31. The minimum atomic E-state index is 0.619. The molecule has 0 radical (unpaired) electrons. The fourth-order valence-corrected chi connectivity index (χ4v) is 2.11. The van der Waals surface area contributed by atoms with Gasteiger partial charge in [-0.15, -0.1) is 10.2 Å². The van der Waals surface area contributed by atoms with Crippen LogP contribution >= 0.6 is 0 Å². The molecule has 0 atom stereocenters. The molecule has 2 heterocycles. The zero-order valence-corrected chi connectivity index (χ0v) is 12.1. The summed E-state index contributed by atoms with van der Waals surface area (Å²) < 4.78 is 7.22. The Labute approximate surface area is 122 Å². The first-order valence-corrected chi connectivity index (χ1v) is 6.52. The molecule has 3 aromatic rings. The van der Waals surface area contributed by atoms with Gasteiger partial charge in [0.2, 0.25) is 11.6 Å². The molecule has 1 aromatic carbocycles. The largest absolute Gasteiger partial charge is 0.495 e. The maximum Gasteiger partial charge on any atom is 0.228 e. The van der Waals surface area contributed by atoms with Crippen molar-refractivity contribution < 1.29 is 4.74 Å². The summed E-state index contributed by atoms with van der Waals surface area (Å²) >= 11 is 0. The SMILES string of the molecule is CNc1nnc2c(Nc3ccc(C)cc3OC)nccn12. The van der Waals surface area contributed by atoms with Crippen LogP contribution in [-0.2, 0) is 0 Å². The van der Waals surface area contributed by atoms with Crippen LogP contribution in [0.25, 0.3) is 5.65 Å². The molecule has 0 spiro atoms. The van der Waals surface area contributed by atoms with E-state index in [1.807, 2.05) is 29.5 Å². The summed E-state index contributed by atoms with van der Waals surface area (Å²) in [6.07, 6.45) is 3.50. The lowest BCUT2D eigenvalue weighted by Crippen LogP contribution is -2.01. The maximum atomic E-state index is 5.39. The van der Waals surface area contributed by atoms with Crippen molar-refractivity contribution in [3.8, 4) is 5.75 Å². The van der Waals surface area contributed by atoms with E-state index in [-0.39, 0.29) is 0 Å². The number of hydrogen-bond donors (Lipinski definition) is 2. The number of anilines is 3. The number of fused-ring (bicyclic) bond motifs is 1. The highest BCUT2D eigenvalue weighted by Gasteiger charge is 2.11. The van der Waals surface area contributed by atoms with E-state index in [1.54, 1.807) is 26.6 Å². The van der Waals surface area contributed by atoms with E-state index in [0.717, 1.165) is 17.0 Å². The van der Waals surface area contributed by atoms with Gasteiger partial charge in [-0.3, -0.25) is 4.40 Å². The van der Waals surface area contributed by atoms with E-state index < -0.39 is 0 Å². The number of aromatic nitrogens is 4. The van der Waals surface area contributed by atoms with E-state index >= 15 is 0 Å². The van der Waals surface area contributed by atoms with E-state index in [9.17, 15) is 0 Å². The molecule has 2 aromatic heterocycles. The zero-order valence-electron chi connectivity index (χ0n) is 12.1. The van der Waals surface area contributed by atoms with Crippen molar-refractivity contribution in [2.75, 3.05) is 24.8 Å². The molecule has 0 aliphatic heterocycles. The van der Waals surface area contributed by atoms with Gasteiger partial charge in [-0.1, -0.05) is 6.07 Å². The van der Waals surface area contributed by atoms with Gasteiger partial charge in [0.05, 0.1) is 12.8 Å². The first kappa shape index (κ1) is 13.2. The second-order valence-electron chi connectivity index (χ2n) is 4.57. The van der Waals surface area contributed by atoms with Crippen molar-refractivity contribution in [1.29, 1.82) is 0 Å². The molecule has 0 bridgehead atoms. The highest BCUT2D eigenvalue weighted by Crippen LogP contribution is 2.29. The maximum absolute atomic E-state index is 5.39. The molecule has 3 rings (SSSR count). The second-order valence-corrected chi connectivity index (χ2v) is 4.57. The average molecular weight is 284 g/mol. The van der Waals surface area contributed by atoms with Crippen LogP contribution in [0.2, 0.25) is 0 Å². The van der Waals surface area contributed by atoms with Gasteiger partial charge in [-0.25, -0.2) is 4.98 Å². The van der Waals surface area contributed by atoms with E-state index in [1.165, 1.54) is 0 Å². The summed E-state index contributed by atoms with van der Waals surface area (Å²) in [4.78, 5) is 4.33. The first-order chi connectivity index (χ1) is 10.2. The van der Waals surface area contributed by atoms with Crippen molar-refractivity contribution in [3.05, 3.63) is 36.2 Å². The van der Waals surface area contributed by atoms with Gasteiger partial charge >= 0.3 is 0 Å². The molecule has 7 heteroatoms. The van der Waals surface area contributed by atoms with Gasteiger partial charge in [-0.05, 0) is 24.6 Å². The van der Waals surface area contributed by atoms with Gasteiger partial charge in [0, 0.05) is 19.4 Å². The van der Waals surface area contributed by atoms with Gasteiger partial charge in [0.1, 0.15) is 5.75 Å². The third kappa shape index (κ3) is 2.33. The van der Waals surface area contributed by atoms with E-state index in [4.69, 9.17) is 4.74 Å². The zero-order chi connectivity index (χ0) is 14.8. The van der Waals surface area contributed by atoms with Crippen molar-refractivity contribution >= 4 is 23.1 Å². The lowest BCUT2D eigenvalue weighted by atomic mass is 10.2. The summed E-state index contributed by atoms with van der Waals surface area (Å²) in [7, 11) is 3.44. The second kappa shape index (κ2) is 5.28. The lowest BCUT2D eigenvalue weighted by molar-refractivity contribution is 0.416. The van der Waals surface area contributed by atoms with Crippen molar-refractivity contribution in [1.82, 2.24) is 19.6 Å². The van der Waals surface area contributed by atoms with Crippen LogP contribution in [0.1, 0.15) is 5.56 Å². The number of nitrogens with one attached hydrogen (secondary N) is 2. The smallest absolute Gasteiger partial charge is 0.228 e. The molecule has 2 N–H and O–H groups in total. The van der Waals surface area contributed by atoms with Crippen molar-refractivity contribution in [2.45, 2.75) is 6.92 Å². The molecule has 0 amide bonds. The van der Waals surface area contributed by atoms with Crippen LogP contribution in [0.4, 0.5) is 17.5 Å². The predicted molar refractivity (Wildman–Crippen MR) is 81.3 cm³/mol. The Morgan fingerprint density at radius 2 is 2.10 bits per heavy atom. The van der Waals surface area contributed by atoms with Gasteiger partial charge < -0.3 is 15.4 Å². The summed E-state index contributed by atoms with van der Waals surface area (Å²) in [5.74, 6) is 2.03. The van der Waals surface area contributed by atoms with Crippen LogP contribution in [-0.4, -0.2) is 33.7 Å². The number of hydrogen-bond acceptors (Lipinski definition) is 6. The first-order valence-electron chi connectivity index (χ1n) is 6.52. The number of benzene rings is 1. The number of methoxy groups -OCH3 is 1. The molecule has 0 aliphatic rings. The Morgan fingerprint density at radius 3 is 2.86 bits per heavy atom. The summed E-state index contributed by atoms with van der Waals surface area (Å²) in [6.45, 7) is 2.02. The third-order valence-electron chi connectivity index (χ3n) is 3.16. The number of ether oxygens (including phenoxy) is 1. The minimum absolute atomic E-state index is 0.619. The molecule has 7 nitrogen and oxygen atoms in total. The molecule has 0 fully saturated rings. The Bertz CT molecular complexity index is 782. The molecule has 0 aliphatic carbocycles. The highest BCUT2D eigenvalue weighted by molar-refractivity contribution is 5.73. The van der Waals surface area contributed by atoms with Crippen LogP contribution in [0.5, 0.6) is 5.75 Å². The van der Waals surface area contributed by atoms with Crippen LogP contribution in [0.3, 0.4) is 0 Å². The molecular weight excluding hydrogens is 268 g/mol. The summed E-state index contributed by atoms with van der Waals surface area (Å²) in [5.41, 5.74) is 2.60. The van der Waals surface area contributed by atoms with Crippen LogP contribution in [0, 0.1) is 6.92 Å².